The van der Waals surface area contributed by atoms with E-state index in [0.717, 1.165) is 28.8 Å². The number of rotatable bonds is 6. The summed E-state index contributed by atoms with van der Waals surface area (Å²) in [6, 6.07) is 28.3. The number of carbonyl (C=O) groups excluding carboxylic acids is 3. The van der Waals surface area contributed by atoms with Crippen LogP contribution in [0.5, 0.6) is 0 Å². The molecule has 214 valence electrons. The predicted molar refractivity (Wildman–Crippen MR) is 171 cm³/mol. The molecule has 0 bridgehead atoms. The first kappa shape index (κ1) is 27.4. The lowest BCUT2D eigenvalue weighted by Gasteiger charge is -2.37. The average Bonchev–Trinajstić information content (AvgIpc) is 3.49. The second-order valence-corrected chi connectivity index (χ2v) is 12.5. The molecule has 6 heteroatoms. The number of amides is 1. The summed E-state index contributed by atoms with van der Waals surface area (Å²) in [7, 11) is 0. The Labute approximate surface area is 256 Å². The van der Waals surface area contributed by atoms with Gasteiger partial charge in [-0.05, 0) is 53.3 Å². The van der Waals surface area contributed by atoms with Gasteiger partial charge in [0.25, 0.3) is 0 Å². The van der Waals surface area contributed by atoms with Crippen LogP contribution < -0.4 is 10.2 Å². The van der Waals surface area contributed by atoms with Gasteiger partial charge in [-0.2, -0.15) is 0 Å². The Bertz CT molecular complexity index is 1810. The number of anilines is 2. The average molecular weight is 587 g/mol. The molecule has 0 unspecified atom stereocenters. The van der Waals surface area contributed by atoms with Crippen LogP contribution in [0, 0.1) is 11.8 Å². The van der Waals surface area contributed by atoms with E-state index in [1.807, 2.05) is 89.8 Å². The van der Waals surface area contributed by atoms with Gasteiger partial charge in [0.1, 0.15) is 11.5 Å². The van der Waals surface area contributed by atoms with E-state index in [2.05, 4.69) is 19.2 Å². The summed E-state index contributed by atoms with van der Waals surface area (Å²) >= 11 is 6.62. The van der Waals surface area contributed by atoms with Crippen molar-refractivity contribution in [3.8, 4) is 0 Å². The van der Waals surface area contributed by atoms with E-state index < -0.39 is 23.4 Å². The topological polar surface area (TPSA) is 66.5 Å². The van der Waals surface area contributed by atoms with Crippen LogP contribution in [-0.4, -0.2) is 29.6 Å². The number of carbonyl (C=O) groups is 3. The Kier molecular flexibility index (Phi) is 6.59. The van der Waals surface area contributed by atoms with E-state index >= 15 is 0 Å². The van der Waals surface area contributed by atoms with Crippen molar-refractivity contribution in [2.75, 3.05) is 10.2 Å². The molecule has 0 aromatic heterocycles. The minimum atomic E-state index is -1.35. The lowest BCUT2D eigenvalue weighted by molar-refractivity contribution is -0.121. The van der Waals surface area contributed by atoms with Crippen LogP contribution in [0.4, 0.5) is 11.4 Å². The van der Waals surface area contributed by atoms with E-state index in [0.29, 0.717) is 27.8 Å². The van der Waals surface area contributed by atoms with Gasteiger partial charge >= 0.3 is 0 Å². The van der Waals surface area contributed by atoms with Gasteiger partial charge in [-0.3, -0.25) is 14.4 Å². The molecular weight excluding hydrogens is 556 g/mol. The van der Waals surface area contributed by atoms with E-state index in [1.54, 1.807) is 24.3 Å². The Morgan fingerprint density at radius 2 is 1.58 bits per heavy atom. The molecule has 0 aliphatic carbocycles. The zero-order chi connectivity index (χ0) is 29.9. The van der Waals surface area contributed by atoms with Crippen LogP contribution in [0.15, 0.2) is 103 Å². The number of hydrogen-bond acceptors (Lipinski definition) is 4. The van der Waals surface area contributed by atoms with Crippen molar-refractivity contribution in [1.29, 1.82) is 0 Å². The quantitative estimate of drug-likeness (QED) is 0.239. The fourth-order valence-electron chi connectivity index (χ4n) is 7.40. The molecule has 0 saturated carbocycles. The molecule has 0 radical (unpaired) electrons. The van der Waals surface area contributed by atoms with Crippen LogP contribution in [-0.2, 0) is 16.6 Å². The van der Waals surface area contributed by atoms with E-state index in [1.165, 1.54) is 0 Å². The predicted octanol–water partition coefficient (Wildman–Crippen LogP) is 7.39. The number of nitrogens with zero attached hydrogens (tertiary/aromatic N) is 1. The first-order valence-corrected chi connectivity index (χ1v) is 15.1. The summed E-state index contributed by atoms with van der Waals surface area (Å²) < 4.78 is 0. The highest BCUT2D eigenvalue weighted by atomic mass is 35.5. The number of fused-ring (bicyclic) bond motifs is 6. The summed E-state index contributed by atoms with van der Waals surface area (Å²) in [5.41, 5.74) is 3.70. The fourth-order valence-corrected chi connectivity index (χ4v) is 7.63. The zero-order valence-electron chi connectivity index (χ0n) is 24.0. The molecule has 4 atom stereocenters. The van der Waals surface area contributed by atoms with E-state index in [4.69, 9.17) is 11.6 Å². The van der Waals surface area contributed by atoms with Gasteiger partial charge in [0.2, 0.25) is 5.91 Å². The first-order chi connectivity index (χ1) is 20.8. The maximum atomic E-state index is 15.0. The fraction of sp³-hybridized carbons (Fsp3) is 0.216. The van der Waals surface area contributed by atoms with Crippen molar-refractivity contribution in [3.05, 3.63) is 136 Å². The highest BCUT2D eigenvalue weighted by Crippen LogP contribution is 2.58. The van der Waals surface area contributed by atoms with Gasteiger partial charge < -0.3 is 10.2 Å². The third kappa shape index (κ3) is 4.09. The Hall–Kier alpha value is -4.48. The second kappa shape index (κ2) is 10.4. The molecule has 3 aliphatic rings. The van der Waals surface area contributed by atoms with Gasteiger partial charge in [0.15, 0.2) is 11.6 Å². The van der Waals surface area contributed by atoms with Crippen molar-refractivity contribution < 1.29 is 14.4 Å². The molecular formula is C37H31ClN2O3. The van der Waals surface area contributed by atoms with Gasteiger partial charge in [-0.15, -0.1) is 0 Å². The minimum absolute atomic E-state index is 0.242. The number of benzene rings is 4. The molecule has 43 heavy (non-hydrogen) atoms. The molecule has 1 fully saturated rings. The van der Waals surface area contributed by atoms with Crippen LogP contribution in [0.1, 0.15) is 51.3 Å². The summed E-state index contributed by atoms with van der Waals surface area (Å²) in [5.74, 6) is -1.37. The largest absolute Gasteiger partial charge is 0.352 e. The highest BCUT2D eigenvalue weighted by Gasteiger charge is 2.70. The standard InChI is InChI=1S/C37H31ClN2O3/c1-22(2)21-23-15-17-25(18-16-23)34(41)32-33(35(42)26-10-4-6-12-28(26)38)40-30-14-8-3-9-24(30)19-20-31(40)37(32)27-11-5-7-13-29(27)39-36(37)43/h3-20,22,31-33H,21H2,1-2H3,(H,39,43)/t31-,32+,33-,37+/m1/s1. The molecule has 4 aromatic carbocycles. The lowest BCUT2D eigenvalue weighted by Crippen LogP contribution is -2.51. The number of halogens is 1. The second-order valence-electron chi connectivity index (χ2n) is 12.1. The third-order valence-electron chi connectivity index (χ3n) is 9.11. The number of nitrogens with one attached hydrogen (secondary N) is 1. The Morgan fingerprint density at radius 3 is 2.35 bits per heavy atom. The summed E-state index contributed by atoms with van der Waals surface area (Å²) in [6.45, 7) is 4.31. The van der Waals surface area contributed by atoms with Crippen molar-refractivity contribution in [2.24, 2.45) is 11.8 Å². The molecule has 1 saturated heterocycles. The molecule has 1 amide bonds. The van der Waals surface area contributed by atoms with Crippen molar-refractivity contribution in [2.45, 2.75) is 37.8 Å². The summed E-state index contributed by atoms with van der Waals surface area (Å²) in [5, 5.41) is 3.39. The van der Waals surface area contributed by atoms with Crippen molar-refractivity contribution in [1.82, 2.24) is 0 Å². The molecule has 3 heterocycles. The van der Waals surface area contributed by atoms with Crippen LogP contribution in [0.2, 0.25) is 5.02 Å². The van der Waals surface area contributed by atoms with Crippen LogP contribution in [0.3, 0.4) is 0 Å². The van der Waals surface area contributed by atoms with Crippen LogP contribution >= 0.6 is 11.6 Å². The number of Topliss-reactive ketones (excluding diaryl/α,β-unsaturated/α-hetero) is 2. The van der Waals surface area contributed by atoms with E-state index in [9.17, 15) is 14.4 Å². The van der Waals surface area contributed by atoms with Gasteiger partial charge in [-0.1, -0.05) is 110 Å². The smallest absolute Gasteiger partial charge is 0.238 e. The molecule has 5 nitrogen and oxygen atoms in total. The monoisotopic (exact) mass is 586 g/mol. The molecule has 4 aromatic rings. The Morgan fingerprint density at radius 1 is 0.884 bits per heavy atom. The zero-order valence-corrected chi connectivity index (χ0v) is 24.7. The first-order valence-electron chi connectivity index (χ1n) is 14.7. The molecule has 3 aliphatic heterocycles. The Balaban J connectivity index is 1.49. The summed E-state index contributed by atoms with van der Waals surface area (Å²) in [6.07, 6.45) is 4.87. The van der Waals surface area contributed by atoms with Gasteiger partial charge in [-0.25, -0.2) is 0 Å². The van der Waals surface area contributed by atoms with Gasteiger partial charge in [0.05, 0.1) is 17.0 Å². The number of para-hydroxylation sites is 2. The number of hydrogen-bond donors (Lipinski definition) is 1. The molecule has 1 spiro atoms. The highest BCUT2D eigenvalue weighted by molar-refractivity contribution is 6.34. The van der Waals surface area contributed by atoms with Crippen LogP contribution in [0.25, 0.3) is 6.08 Å². The maximum Gasteiger partial charge on any atom is 0.238 e. The SMILES string of the molecule is CC(C)Cc1ccc(C(=O)[C@@H]2[C@H](C(=O)c3ccccc3Cl)N3c4ccccc4C=C[C@@H]3[C@]23C(=O)Nc2ccccc23)cc1. The molecule has 7 rings (SSSR count). The third-order valence-corrected chi connectivity index (χ3v) is 9.44. The van der Waals surface area contributed by atoms with E-state index in [-0.39, 0.29) is 17.5 Å². The lowest BCUT2D eigenvalue weighted by atomic mass is 9.64. The van der Waals surface area contributed by atoms with Gasteiger partial charge in [0, 0.05) is 22.5 Å². The minimum Gasteiger partial charge on any atom is -0.352 e. The summed E-state index contributed by atoms with van der Waals surface area (Å²) in [4.78, 5) is 46.2. The van der Waals surface area contributed by atoms with Crippen molar-refractivity contribution >= 4 is 46.5 Å². The number of ketones is 2. The normalized spacial score (nSPS) is 23.2. The van der Waals surface area contributed by atoms with Crippen molar-refractivity contribution in [3.63, 3.8) is 0 Å². The molecule has 1 N–H and O–H groups in total. The maximum absolute atomic E-state index is 15.0.